The first kappa shape index (κ1) is 15.4. The van der Waals surface area contributed by atoms with Crippen LogP contribution in [0.1, 0.15) is 50.7 Å². The Labute approximate surface area is 119 Å². The Hall–Kier alpha value is -1.00. The molecule has 2 nitrogen and oxygen atoms in total. The summed E-state index contributed by atoms with van der Waals surface area (Å²) >= 11 is 0. The minimum atomic E-state index is -1.14. The average molecular weight is 283 g/mol. The number of halogens is 2. The van der Waals surface area contributed by atoms with Crippen molar-refractivity contribution >= 4 is 0 Å². The van der Waals surface area contributed by atoms with Crippen molar-refractivity contribution < 1.29 is 13.9 Å². The summed E-state index contributed by atoms with van der Waals surface area (Å²) in [4.78, 5) is 0. The molecule has 3 unspecified atom stereocenters. The summed E-state index contributed by atoms with van der Waals surface area (Å²) in [5, 5.41) is 13.3. The number of benzene rings is 1. The summed E-state index contributed by atoms with van der Waals surface area (Å²) in [6.07, 6.45) is 4.65. The molecule has 0 amide bonds. The maximum atomic E-state index is 13.6. The summed E-state index contributed by atoms with van der Waals surface area (Å²) in [6, 6.07) is 4.01. The van der Waals surface area contributed by atoms with Gasteiger partial charge >= 0.3 is 0 Å². The number of nitrogens with one attached hydrogen (secondary N) is 1. The molecule has 1 saturated carbocycles. The largest absolute Gasteiger partial charge is 0.387 e. The van der Waals surface area contributed by atoms with Crippen LogP contribution in [0.4, 0.5) is 8.78 Å². The van der Waals surface area contributed by atoms with E-state index in [2.05, 4.69) is 12.2 Å². The van der Waals surface area contributed by atoms with E-state index in [-0.39, 0.29) is 12.1 Å². The number of rotatable bonds is 5. The monoisotopic (exact) mass is 283 g/mol. The van der Waals surface area contributed by atoms with Gasteiger partial charge in [-0.2, -0.15) is 0 Å². The highest BCUT2D eigenvalue weighted by molar-refractivity contribution is 5.22. The van der Waals surface area contributed by atoms with Crippen molar-refractivity contribution in [2.24, 2.45) is 5.92 Å². The highest BCUT2D eigenvalue weighted by Crippen LogP contribution is 2.27. The van der Waals surface area contributed by atoms with Gasteiger partial charge in [0.05, 0.1) is 11.7 Å². The van der Waals surface area contributed by atoms with Crippen LogP contribution in [0.15, 0.2) is 18.2 Å². The van der Waals surface area contributed by atoms with Gasteiger partial charge in [0.2, 0.25) is 0 Å². The fourth-order valence-corrected chi connectivity index (χ4v) is 3.16. The molecular formula is C16H23F2NO. The first-order chi connectivity index (χ1) is 9.63. The third-order valence-electron chi connectivity index (χ3n) is 4.34. The van der Waals surface area contributed by atoms with Crippen LogP contribution in [0.3, 0.4) is 0 Å². The van der Waals surface area contributed by atoms with Gasteiger partial charge in [-0.05, 0) is 30.9 Å². The van der Waals surface area contributed by atoms with E-state index >= 15 is 0 Å². The third-order valence-corrected chi connectivity index (χ3v) is 4.34. The highest BCUT2D eigenvalue weighted by atomic mass is 19.1. The molecule has 1 aliphatic rings. The summed E-state index contributed by atoms with van der Waals surface area (Å²) in [7, 11) is 0. The fraction of sp³-hybridized carbons (Fsp3) is 0.625. The highest BCUT2D eigenvalue weighted by Gasteiger charge is 2.25. The molecule has 2 N–H and O–H groups in total. The normalized spacial score (nSPS) is 24.6. The van der Waals surface area contributed by atoms with E-state index in [9.17, 15) is 13.9 Å². The van der Waals surface area contributed by atoms with Crippen molar-refractivity contribution in [3.05, 3.63) is 35.4 Å². The number of hydrogen-bond acceptors (Lipinski definition) is 2. The van der Waals surface area contributed by atoms with E-state index in [1.54, 1.807) is 0 Å². The van der Waals surface area contributed by atoms with E-state index in [1.165, 1.54) is 37.5 Å². The molecule has 3 atom stereocenters. The van der Waals surface area contributed by atoms with Crippen LogP contribution >= 0.6 is 0 Å². The molecular weight excluding hydrogens is 260 g/mol. The zero-order valence-electron chi connectivity index (χ0n) is 11.9. The molecule has 112 valence electrons. The molecule has 1 aromatic rings. The molecule has 1 fully saturated rings. The predicted molar refractivity (Wildman–Crippen MR) is 75.4 cm³/mol. The molecule has 1 aromatic carbocycles. The molecule has 0 spiro atoms. The lowest BCUT2D eigenvalue weighted by Crippen LogP contribution is -2.40. The summed E-state index contributed by atoms with van der Waals surface area (Å²) in [6.45, 7) is 2.36. The van der Waals surface area contributed by atoms with E-state index in [0.717, 1.165) is 12.8 Å². The summed E-state index contributed by atoms with van der Waals surface area (Å²) < 4.78 is 27.2. The number of aliphatic hydroxyl groups excluding tert-OH is 1. The third kappa shape index (κ3) is 3.55. The maximum Gasteiger partial charge on any atom is 0.131 e. The Morgan fingerprint density at radius 1 is 1.25 bits per heavy atom. The molecule has 0 heterocycles. The first-order valence-corrected chi connectivity index (χ1v) is 7.48. The predicted octanol–water partition coefficient (Wildman–Crippen LogP) is 3.56. The number of aliphatic hydroxyl groups is 1. The van der Waals surface area contributed by atoms with Gasteiger partial charge in [-0.15, -0.1) is 0 Å². The SMILES string of the molecule is CCC1CCCCC1NCC(O)c1c(F)cccc1F. The van der Waals surface area contributed by atoms with Crippen LogP contribution in [-0.4, -0.2) is 17.7 Å². The average Bonchev–Trinajstić information content (AvgIpc) is 2.45. The van der Waals surface area contributed by atoms with Gasteiger partial charge in [-0.3, -0.25) is 0 Å². The Bertz CT molecular complexity index is 418. The van der Waals surface area contributed by atoms with Gasteiger partial charge in [-0.25, -0.2) is 8.78 Å². The topological polar surface area (TPSA) is 32.3 Å². The molecule has 0 bridgehead atoms. The molecule has 0 saturated heterocycles. The van der Waals surface area contributed by atoms with Gasteiger partial charge in [-0.1, -0.05) is 32.3 Å². The van der Waals surface area contributed by atoms with Crippen LogP contribution in [-0.2, 0) is 0 Å². The zero-order chi connectivity index (χ0) is 14.5. The molecule has 1 aliphatic carbocycles. The number of hydrogen-bond donors (Lipinski definition) is 2. The summed E-state index contributed by atoms with van der Waals surface area (Å²) in [5.41, 5.74) is -0.233. The van der Waals surface area contributed by atoms with Gasteiger partial charge in [0.25, 0.3) is 0 Å². The van der Waals surface area contributed by atoms with Crippen LogP contribution in [0.5, 0.6) is 0 Å². The molecule has 0 radical (unpaired) electrons. The van der Waals surface area contributed by atoms with Crippen LogP contribution < -0.4 is 5.32 Å². The molecule has 0 aliphatic heterocycles. The Balaban J connectivity index is 1.96. The molecule has 0 aromatic heterocycles. The standard InChI is InChI=1S/C16H23F2NO/c1-2-11-6-3-4-9-14(11)19-10-15(20)16-12(17)7-5-8-13(16)18/h5,7-8,11,14-15,19-20H,2-4,6,9-10H2,1H3. The zero-order valence-corrected chi connectivity index (χ0v) is 11.9. The molecule has 20 heavy (non-hydrogen) atoms. The van der Waals surface area contributed by atoms with Crippen molar-refractivity contribution in [2.45, 2.75) is 51.2 Å². The van der Waals surface area contributed by atoms with E-state index < -0.39 is 17.7 Å². The van der Waals surface area contributed by atoms with Crippen LogP contribution in [0.2, 0.25) is 0 Å². The van der Waals surface area contributed by atoms with Crippen molar-refractivity contribution in [2.75, 3.05) is 6.54 Å². The van der Waals surface area contributed by atoms with E-state index in [4.69, 9.17) is 0 Å². The lowest BCUT2D eigenvalue weighted by atomic mass is 9.83. The quantitative estimate of drug-likeness (QED) is 0.866. The second kappa shape index (κ2) is 7.14. The maximum absolute atomic E-state index is 13.6. The van der Waals surface area contributed by atoms with Crippen molar-refractivity contribution in [1.82, 2.24) is 5.32 Å². The molecule has 4 heteroatoms. The minimum absolute atomic E-state index is 0.193. The smallest absolute Gasteiger partial charge is 0.131 e. The van der Waals surface area contributed by atoms with Gasteiger partial charge in [0.15, 0.2) is 0 Å². The molecule has 2 rings (SSSR count). The second-order valence-electron chi connectivity index (χ2n) is 5.62. The van der Waals surface area contributed by atoms with Crippen molar-refractivity contribution in [3.63, 3.8) is 0 Å². The Morgan fingerprint density at radius 3 is 2.55 bits per heavy atom. The minimum Gasteiger partial charge on any atom is -0.387 e. The van der Waals surface area contributed by atoms with Crippen LogP contribution in [0, 0.1) is 17.6 Å². The Morgan fingerprint density at radius 2 is 1.90 bits per heavy atom. The lowest BCUT2D eigenvalue weighted by molar-refractivity contribution is 0.146. The van der Waals surface area contributed by atoms with Gasteiger partial charge in [0.1, 0.15) is 11.6 Å². The summed E-state index contributed by atoms with van der Waals surface area (Å²) in [5.74, 6) is -0.772. The van der Waals surface area contributed by atoms with Gasteiger partial charge < -0.3 is 10.4 Å². The second-order valence-corrected chi connectivity index (χ2v) is 5.62. The van der Waals surface area contributed by atoms with Crippen molar-refractivity contribution in [1.29, 1.82) is 0 Å². The lowest BCUT2D eigenvalue weighted by Gasteiger charge is -2.32. The van der Waals surface area contributed by atoms with Gasteiger partial charge in [0, 0.05) is 12.6 Å². The van der Waals surface area contributed by atoms with Crippen LogP contribution in [0.25, 0.3) is 0 Å². The van der Waals surface area contributed by atoms with E-state index in [0.29, 0.717) is 12.0 Å². The Kier molecular flexibility index (Phi) is 5.49. The fourth-order valence-electron chi connectivity index (χ4n) is 3.16. The van der Waals surface area contributed by atoms with E-state index in [1.807, 2.05) is 0 Å². The first-order valence-electron chi connectivity index (χ1n) is 7.48. The van der Waals surface area contributed by atoms with Crippen molar-refractivity contribution in [3.8, 4) is 0 Å².